The number of rotatable bonds is 5. The van der Waals surface area contributed by atoms with Gasteiger partial charge in [-0.1, -0.05) is 13.8 Å². The van der Waals surface area contributed by atoms with Crippen molar-refractivity contribution < 1.29 is 13.2 Å². The van der Waals surface area contributed by atoms with Gasteiger partial charge in [0, 0.05) is 30.0 Å². The Labute approximate surface area is 121 Å². The first-order valence-corrected chi connectivity index (χ1v) is 8.82. The molecule has 0 radical (unpaired) electrons. The van der Waals surface area contributed by atoms with Crippen molar-refractivity contribution in [1.29, 1.82) is 0 Å². The van der Waals surface area contributed by atoms with Crippen LogP contribution in [0.15, 0.2) is 29.2 Å². The Morgan fingerprint density at radius 3 is 2.35 bits per heavy atom. The van der Waals surface area contributed by atoms with Crippen LogP contribution in [0.3, 0.4) is 0 Å². The molecule has 0 saturated heterocycles. The van der Waals surface area contributed by atoms with Crippen LogP contribution in [0.5, 0.6) is 0 Å². The van der Waals surface area contributed by atoms with Crippen LogP contribution in [-0.4, -0.2) is 33.4 Å². The van der Waals surface area contributed by atoms with E-state index >= 15 is 0 Å². The summed E-state index contributed by atoms with van der Waals surface area (Å²) in [6.07, 6.45) is 2.49. The second-order valence-corrected chi connectivity index (χ2v) is 8.01. The zero-order chi connectivity index (χ0) is 15.0. The normalized spacial score (nSPS) is 25.0. The van der Waals surface area contributed by atoms with Crippen molar-refractivity contribution in [2.45, 2.75) is 44.2 Å². The zero-order valence-corrected chi connectivity index (χ0v) is 13.3. The summed E-state index contributed by atoms with van der Waals surface area (Å²) in [7, 11) is -3.13. The Hall–Kier alpha value is -1.07. The first kappa shape index (κ1) is 15.3. The van der Waals surface area contributed by atoms with Crippen LogP contribution in [0.4, 0.5) is 5.69 Å². The van der Waals surface area contributed by atoms with E-state index in [1.54, 1.807) is 12.1 Å². The van der Waals surface area contributed by atoms with Crippen molar-refractivity contribution >= 4 is 15.5 Å². The number of anilines is 1. The molecule has 1 aromatic carbocycles. The van der Waals surface area contributed by atoms with Crippen molar-refractivity contribution in [2.75, 3.05) is 18.2 Å². The lowest BCUT2D eigenvalue weighted by Crippen LogP contribution is -2.58. The van der Waals surface area contributed by atoms with Crippen molar-refractivity contribution in [3.05, 3.63) is 24.3 Å². The number of benzene rings is 1. The third-order valence-electron chi connectivity index (χ3n) is 4.17. The highest BCUT2D eigenvalue weighted by atomic mass is 32.2. The number of hydrogen-bond donors (Lipinski definition) is 1. The lowest BCUT2D eigenvalue weighted by atomic mass is 9.64. The Bertz CT molecular complexity index is 563. The fourth-order valence-corrected chi connectivity index (χ4v) is 3.24. The summed E-state index contributed by atoms with van der Waals surface area (Å²) in [5.74, 6) is 0. The molecule has 1 aliphatic carbocycles. The van der Waals surface area contributed by atoms with Crippen LogP contribution in [0, 0.1) is 5.41 Å². The fourth-order valence-electron chi connectivity index (χ4n) is 2.61. The van der Waals surface area contributed by atoms with Crippen LogP contribution in [0.25, 0.3) is 0 Å². The van der Waals surface area contributed by atoms with E-state index in [2.05, 4.69) is 19.2 Å². The van der Waals surface area contributed by atoms with Crippen molar-refractivity contribution in [2.24, 2.45) is 5.41 Å². The number of nitrogens with one attached hydrogen (secondary N) is 1. The Kier molecular flexibility index (Phi) is 4.12. The van der Waals surface area contributed by atoms with Gasteiger partial charge in [0.15, 0.2) is 9.84 Å². The lowest BCUT2D eigenvalue weighted by Gasteiger charge is -2.52. The van der Waals surface area contributed by atoms with Gasteiger partial charge in [0.2, 0.25) is 0 Å². The molecule has 1 saturated carbocycles. The molecule has 1 N–H and O–H groups in total. The first-order chi connectivity index (χ1) is 9.25. The predicted octanol–water partition coefficient (Wildman–Crippen LogP) is 2.71. The second-order valence-electron chi connectivity index (χ2n) is 5.99. The third kappa shape index (κ3) is 2.99. The molecular formula is C15H23NO3S. The minimum absolute atomic E-state index is 0.0888. The van der Waals surface area contributed by atoms with Gasteiger partial charge in [0.25, 0.3) is 0 Å². The van der Waals surface area contributed by atoms with Gasteiger partial charge in [-0.25, -0.2) is 8.42 Å². The summed E-state index contributed by atoms with van der Waals surface area (Å²) in [6.45, 7) is 7.14. The molecule has 1 aliphatic rings. The molecule has 0 heterocycles. The molecule has 0 spiro atoms. The minimum Gasteiger partial charge on any atom is -0.382 e. The highest BCUT2D eigenvalue weighted by molar-refractivity contribution is 7.90. The second kappa shape index (κ2) is 5.37. The Morgan fingerprint density at radius 1 is 1.30 bits per heavy atom. The molecule has 2 atom stereocenters. The number of sulfone groups is 1. The highest BCUT2D eigenvalue weighted by Crippen LogP contribution is 2.44. The summed E-state index contributed by atoms with van der Waals surface area (Å²) < 4.78 is 28.5. The maximum atomic E-state index is 11.4. The molecule has 0 aromatic heterocycles. The van der Waals surface area contributed by atoms with Gasteiger partial charge < -0.3 is 10.1 Å². The maximum absolute atomic E-state index is 11.4. The molecular weight excluding hydrogens is 274 g/mol. The molecule has 1 aromatic rings. The molecule has 0 amide bonds. The molecule has 1 fully saturated rings. The van der Waals surface area contributed by atoms with E-state index in [-0.39, 0.29) is 5.41 Å². The van der Waals surface area contributed by atoms with Crippen LogP contribution in [0.2, 0.25) is 0 Å². The van der Waals surface area contributed by atoms with Gasteiger partial charge in [-0.15, -0.1) is 0 Å². The molecule has 0 bridgehead atoms. The smallest absolute Gasteiger partial charge is 0.175 e. The van der Waals surface area contributed by atoms with Crippen LogP contribution >= 0.6 is 0 Å². The summed E-state index contributed by atoms with van der Waals surface area (Å²) in [5.41, 5.74) is 1.04. The largest absolute Gasteiger partial charge is 0.382 e. The van der Waals surface area contributed by atoms with Gasteiger partial charge in [-0.3, -0.25) is 0 Å². The zero-order valence-electron chi connectivity index (χ0n) is 12.5. The minimum atomic E-state index is -3.13. The molecule has 2 rings (SSSR count). The molecule has 4 nitrogen and oxygen atoms in total. The van der Waals surface area contributed by atoms with Gasteiger partial charge in [-0.2, -0.15) is 0 Å². The van der Waals surface area contributed by atoms with Crippen LogP contribution < -0.4 is 5.32 Å². The summed E-state index contributed by atoms with van der Waals surface area (Å²) in [6, 6.07) is 7.27. The van der Waals surface area contributed by atoms with Crippen molar-refractivity contribution in [3.8, 4) is 0 Å². The topological polar surface area (TPSA) is 55.4 Å². The quantitative estimate of drug-likeness (QED) is 0.908. The molecule has 5 heteroatoms. The van der Waals surface area contributed by atoms with E-state index in [0.717, 1.165) is 18.7 Å². The fraction of sp³-hybridized carbons (Fsp3) is 0.600. The predicted molar refractivity (Wildman–Crippen MR) is 80.8 cm³/mol. The van der Waals surface area contributed by atoms with Crippen LogP contribution in [-0.2, 0) is 14.6 Å². The summed E-state index contributed by atoms with van der Waals surface area (Å²) >= 11 is 0. The standard InChI is InChI=1S/C15H23NO3S/c1-5-19-14-10-13(15(14,2)3)16-11-6-8-12(9-7-11)20(4,17)18/h6-9,13-14,16H,5,10H2,1-4H3. The summed E-state index contributed by atoms with van der Waals surface area (Å²) in [4.78, 5) is 0.350. The van der Waals surface area contributed by atoms with E-state index in [1.165, 1.54) is 6.26 Å². The Balaban J connectivity index is 2.02. The maximum Gasteiger partial charge on any atom is 0.175 e. The van der Waals surface area contributed by atoms with Gasteiger partial charge in [0.05, 0.1) is 11.0 Å². The van der Waals surface area contributed by atoms with Gasteiger partial charge in [0.1, 0.15) is 0 Å². The molecule has 20 heavy (non-hydrogen) atoms. The van der Waals surface area contributed by atoms with E-state index in [0.29, 0.717) is 17.0 Å². The van der Waals surface area contributed by atoms with Crippen molar-refractivity contribution in [1.82, 2.24) is 0 Å². The van der Waals surface area contributed by atoms with E-state index in [1.807, 2.05) is 19.1 Å². The SMILES string of the molecule is CCOC1CC(Nc2ccc(S(C)(=O)=O)cc2)C1(C)C. The average Bonchev–Trinajstić information content (AvgIpc) is 2.37. The Morgan fingerprint density at radius 2 is 1.90 bits per heavy atom. The third-order valence-corrected chi connectivity index (χ3v) is 5.30. The summed E-state index contributed by atoms with van der Waals surface area (Å²) in [5, 5.41) is 3.46. The number of ether oxygens (including phenoxy) is 1. The van der Waals surface area contributed by atoms with E-state index in [9.17, 15) is 8.42 Å². The monoisotopic (exact) mass is 297 g/mol. The van der Waals surface area contributed by atoms with E-state index in [4.69, 9.17) is 4.74 Å². The van der Waals surface area contributed by atoms with Crippen LogP contribution in [0.1, 0.15) is 27.2 Å². The van der Waals surface area contributed by atoms with E-state index < -0.39 is 9.84 Å². The molecule has 2 unspecified atom stereocenters. The molecule has 0 aliphatic heterocycles. The number of hydrogen-bond acceptors (Lipinski definition) is 4. The lowest BCUT2D eigenvalue weighted by molar-refractivity contribution is -0.0975. The molecule has 112 valence electrons. The average molecular weight is 297 g/mol. The first-order valence-electron chi connectivity index (χ1n) is 6.93. The van der Waals surface area contributed by atoms with Crippen molar-refractivity contribution in [3.63, 3.8) is 0 Å². The highest BCUT2D eigenvalue weighted by Gasteiger charge is 2.48. The van der Waals surface area contributed by atoms with Gasteiger partial charge >= 0.3 is 0 Å². The van der Waals surface area contributed by atoms with Gasteiger partial charge in [-0.05, 0) is 37.6 Å².